The lowest BCUT2D eigenvalue weighted by atomic mass is 9.84. The maximum absolute atomic E-state index is 12.0. The Hall–Kier alpha value is -2.86. The van der Waals surface area contributed by atoms with Crippen LogP contribution < -0.4 is 4.90 Å². The van der Waals surface area contributed by atoms with Crippen molar-refractivity contribution < 1.29 is 9.90 Å². The molecule has 0 spiro atoms. The molecule has 1 aromatic carbocycles. The summed E-state index contributed by atoms with van der Waals surface area (Å²) >= 11 is 0. The molecule has 0 atom stereocenters. The number of nitrogens with zero attached hydrogens (tertiary/aromatic N) is 4. The molecule has 0 radical (unpaired) electrons. The van der Waals surface area contributed by atoms with Crippen LogP contribution in [-0.4, -0.2) is 58.1 Å². The lowest BCUT2D eigenvalue weighted by molar-refractivity contribution is 0.0687. The van der Waals surface area contributed by atoms with Crippen molar-refractivity contribution in [2.24, 2.45) is 0 Å². The average Bonchev–Trinajstić information content (AvgIpc) is 3.31. The highest BCUT2D eigenvalue weighted by Gasteiger charge is 2.23. The third kappa shape index (κ3) is 3.88. The molecule has 1 aliphatic carbocycles. The van der Waals surface area contributed by atoms with Crippen LogP contribution >= 0.6 is 0 Å². The van der Waals surface area contributed by atoms with Crippen molar-refractivity contribution in [2.75, 3.05) is 37.6 Å². The third-order valence-electron chi connectivity index (χ3n) is 7.28. The number of pyridine rings is 1. The molecule has 0 saturated carbocycles. The minimum atomic E-state index is -0.896. The molecule has 1 fully saturated rings. The van der Waals surface area contributed by atoms with E-state index in [-0.39, 0.29) is 0 Å². The summed E-state index contributed by atoms with van der Waals surface area (Å²) in [5.74, 6) is -0.896. The maximum Gasteiger partial charge on any atom is 0.353 e. The monoisotopic (exact) mass is 432 g/mol. The van der Waals surface area contributed by atoms with Crippen molar-refractivity contribution in [3.05, 3.63) is 64.6 Å². The van der Waals surface area contributed by atoms with Gasteiger partial charge in [0.2, 0.25) is 0 Å². The zero-order chi connectivity index (χ0) is 22.1. The van der Waals surface area contributed by atoms with Crippen molar-refractivity contribution in [3.8, 4) is 0 Å². The average molecular weight is 433 g/mol. The van der Waals surface area contributed by atoms with Gasteiger partial charge in [-0.05, 0) is 79.5 Å². The van der Waals surface area contributed by atoms with Crippen LogP contribution in [0.25, 0.3) is 5.65 Å². The smallest absolute Gasteiger partial charge is 0.353 e. The molecule has 168 valence electrons. The van der Waals surface area contributed by atoms with Gasteiger partial charge in [-0.25, -0.2) is 9.78 Å². The van der Waals surface area contributed by atoms with Crippen LogP contribution in [0, 0.1) is 0 Å². The second-order valence-corrected chi connectivity index (χ2v) is 9.00. The van der Waals surface area contributed by atoms with Crippen LogP contribution in [0.15, 0.2) is 36.7 Å². The van der Waals surface area contributed by atoms with Crippen LogP contribution in [0.4, 0.5) is 5.69 Å². The Kier molecular flexibility index (Phi) is 5.87. The van der Waals surface area contributed by atoms with Crippen LogP contribution in [-0.2, 0) is 25.7 Å². The molecule has 1 aliphatic heterocycles. The van der Waals surface area contributed by atoms with E-state index >= 15 is 0 Å². The lowest BCUT2D eigenvalue weighted by Crippen LogP contribution is -2.46. The van der Waals surface area contributed by atoms with Crippen LogP contribution in [0.3, 0.4) is 0 Å². The van der Waals surface area contributed by atoms with E-state index < -0.39 is 5.97 Å². The summed E-state index contributed by atoms with van der Waals surface area (Å²) in [5.41, 5.74) is 7.76. The maximum atomic E-state index is 12.0. The summed E-state index contributed by atoms with van der Waals surface area (Å²) in [4.78, 5) is 21.3. The molecule has 0 amide bonds. The zero-order valence-corrected chi connectivity index (χ0v) is 18.9. The van der Waals surface area contributed by atoms with Gasteiger partial charge in [-0.2, -0.15) is 0 Å². The topological polar surface area (TPSA) is 61.1 Å². The Morgan fingerprint density at radius 1 is 0.969 bits per heavy atom. The number of rotatable bonds is 6. The Bertz CT molecular complexity index is 1130. The van der Waals surface area contributed by atoms with Gasteiger partial charge in [-0.3, -0.25) is 4.40 Å². The number of aromatic carboxylic acids is 1. The molecule has 6 heteroatoms. The lowest BCUT2D eigenvalue weighted by Gasteiger charge is -2.38. The van der Waals surface area contributed by atoms with Gasteiger partial charge in [0.25, 0.3) is 0 Å². The summed E-state index contributed by atoms with van der Waals surface area (Å²) in [6, 6.07) is 8.48. The fourth-order valence-electron chi connectivity index (χ4n) is 5.51. The molecule has 2 aliphatic rings. The standard InChI is InChI=1S/C26H32N4O2/c1-2-28-15-17-29(18-16-28)23-11-9-19(21-5-3-4-6-22(21)23)7-8-20-10-12-24-27-13-14-30(24)25(20)26(31)32/h9-14H,2-8,15-18H2,1H3,(H,31,32). The molecule has 3 heterocycles. The molecule has 3 aromatic rings. The van der Waals surface area contributed by atoms with Crippen molar-refractivity contribution >= 4 is 17.3 Å². The zero-order valence-electron chi connectivity index (χ0n) is 18.9. The normalized spacial score (nSPS) is 17.0. The number of hydrogen-bond acceptors (Lipinski definition) is 4. The summed E-state index contributed by atoms with van der Waals surface area (Å²) in [5, 5.41) is 9.83. The number of carbonyl (C=O) groups is 1. The summed E-state index contributed by atoms with van der Waals surface area (Å²) in [6.07, 6.45) is 9.78. The molecular formula is C26H32N4O2. The van der Waals surface area contributed by atoms with Crippen LogP contribution in [0.1, 0.15) is 52.5 Å². The summed E-state index contributed by atoms with van der Waals surface area (Å²) < 4.78 is 1.69. The number of carboxylic acids is 1. The molecule has 1 saturated heterocycles. The van der Waals surface area contributed by atoms with E-state index in [1.807, 2.05) is 12.1 Å². The SMILES string of the molecule is CCN1CCN(c2ccc(CCc3ccc4nccn4c3C(=O)O)c3c2CCCC3)CC1. The number of aryl methyl sites for hydroxylation is 2. The van der Waals surface area contributed by atoms with Crippen molar-refractivity contribution in [3.63, 3.8) is 0 Å². The van der Waals surface area contributed by atoms with E-state index in [4.69, 9.17) is 0 Å². The number of anilines is 1. The fourth-order valence-corrected chi connectivity index (χ4v) is 5.51. The number of carboxylic acid groups (broad SMARTS) is 1. The Balaban J connectivity index is 1.41. The van der Waals surface area contributed by atoms with Gasteiger partial charge in [0.05, 0.1) is 0 Å². The van der Waals surface area contributed by atoms with Gasteiger partial charge in [-0.1, -0.05) is 19.1 Å². The molecule has 2 aromatic heterocycles. The molecule has 5 rings (SSSR count). The molecular weight excluding hydrogens is 400 g/mol. The van der Waals surface area contributed by atoms with E-state index in [0.29, 0.717) is 11.3 Å². The first kappa shape index (κ1) is 21.0. The summed E-state index contributed by atoms with van der Waals surface area (Å²) in [6.45, 7) is 7.86. The Morgan fingerprint density at radius 3 is 2.44 bits per heavy atom. The third-order valence-corrected chi connectivity index (χ3v) is 7.28. The molecule has 0 bridgehead atoms. The minimum Gasteiger partial charge on any atom is -0.477 e. The second kappa shape index (κ2) is 8.94. The highest BCUT2D eigenvalue weighted by molar-refractivity contribution is 5.88. The fraction of sp³-hybridized carbons (Fsp3) is 0.462. The number of fused-ring (bicyclic) bond motifs is 2. The molecule has 0 unspecified atom stereocenters. The van der Waals surface area contributed by atoms with E-state index in [0.717, 1.165) is 64.0 Å². The van der Waals surface area contributed by atoms with Crippen molar-refractivity contribution in [1.29, 1.82) is 0 Å². The first-order valence-electron chi connectivity index (χ1n) is 11.9. The number of aromatic nitrogens is 2. The highest BCUT2D eigenvalue weighted by Crippen LogP contribution is 2.34. The van der Waals surface area contributed by atoms with E-state index in [2.05, 4.69) is 33.8 Å². The first-order valence-corrected chi connectivity index (χ1v) is 11.9. The van der Waals surface area contributed by atoms with Gasteiger partial charge in [-0.15, -0.1) is 0 Å². The van der Waals surface area contributed by atoms with Crippen molar-refractivity contribution in [1.82, 2.24) is 14.3 Å². The number of hydrogen-bond donors (Lipinski definition) is 1. The van der Waals surface area contributed by atoms with E-state index in [1.165, 1.54) is 29.7 Å². The number of imidazole rings is 1. The first-order chi connectivity index (χ1) is 15.7. The predicted molar refractivity (Wildman–Crippen MR) is 127 cm³/mol. The quantitative estimate of drug-likeness (QED) is 0.641. The van der Waals surface area contributed by atoms with E-state index in [9.17, 15) is 9.90 Å². The number of piperazine rings is 1. The largest absolute Gasteiger partial charge is 0.477 e. The number of benzene rings is 1. The molecule has 1 N–H and O–H groups in total. The van der Waals surface area contributed by atoms with Crippen LogP contribution in [0.5, 0.6) is 0 Å². The van der Waals surface area contributed by atoms with Gasteiger partial charge < -0.3 is 14.9 Å². The Labute approximate surface area is 189 Å². The molecule has 6 nitrogen and oxygen atoms in total. The minimum absolute atomic E-state index is 0.333. The summed E-state index contributed by atoms with van der Waals surface area (Å²) in [7, 11) is 0. The van der Waals surface area contributed by atoms with Gasteiger partial charge in [0, 0.05) is 44.3 Å². The van der Waals surface area contributed by atoms with E-state index in [1.54, 1.807) is 22.4 Å². The van der Waals surface area contributed by atoms with Gasteiger partial charge in [0.1, 0.15) is 11.3 Å². The Morgan fingerprint density at radius 2 is 1.69 bits per heavy atom. The second-order valence-electron chi connectivity index (χ2n) is 9.00. The predicted octanol–water partition coefficient (Wildman–Crippen LogP) is 3.84. The highest BCUT2D eigenvalue weighted by atomic mass is 16.4. The molecule has 32 heavy (non-hydrogen) atoms. The van der Waals surface area contributed by atoms with Crippen LogP contribution in [0.2, 0.25) is 0 Å². The number of likely N-dealkylation sites (N-methyl/N-ethyl adjacent to an activating group) is 1. The van der Waals surface area contributed by atoms with Gasteiger partial charge in [0.15, 0.2) is 0 Å². The van der Waals surface area contributed by atoms with Crippen molar-refractivity contribution in [2.45, 2.75) is 45.4 Å². The van der Waals surface area contributed by atoms with Gasteiger partial charge >= 0.3 is 5.97 Å².